The summed E-state index contributed by atoms with van der Waals surface area (Å²) >= 11 is 0. The van der Waals surface area contributed by atoms with Crippen LogP contribution in [-0.4, -0.2) is 24.3 Å². The predicted molar refractivity (Wildman–Crippen MR) is 133 cm³/mol. The largest absolute Gasteiger partial charge is 0.468 e. The third-order valence-corrected chi connectivity index (χ3v) is 9.80. The van der Waals surface area contributed by atoms with Crippen LogP contribution in [0.3, 0.4) is 0 Å². The zero-order chi connectivity index (χ0) is 23.5. The van der Waals surface area contributed by atoms with Crippen LogP contribution in [0.2, 0.25) is 0 Å². The summed E-state index contributed by atoms with van der Waals surface area (Å²) in [6.45, 7) is 9.49. The molecule has 0 saturated heterocycles. The fourth-order valence-electron chi connectivity index (χ4n) is 7.96. The first-order chi connectivity index (χ1) is 16.4. The number of ether oxygens (including phenoxy) is 2. The number of hydrogen-bond donors (Lipinski definition) is 0. The molecule has 6 atom stereocenters. The van der Waals surface area contributed by atoms with Crippen LogP contribution in [-0.2, 0) is 9.47 Å². The molecule has 34 heavy (non-hydrogen) atoms. The van der Waals surface area contributed by atoms with E-state index >= 15 is 0 Å². The molecule has 0 aromatic heterocycles. The molecule has 0 bridgehead atoms. The molecule has 3 saturated carbocycles. The molecule has 0 N–H and O–H groups in total. The van der Waals surface area contributed by atoms with E-state index in [9.17, 15) is 4.79 Å². The highest BCUT2D eigenvalue weighted by Gasteiger charge is 2.59. The first-order valence-electron chi connectivity index (χ1n) is 12.9. The van der Waals surface area contributed by atoms with Crippen molar-refractivity contribution in [1.82, 2.24) is 0 Å². The normalized spacial score (nSPS) is 38.5. The van der Waals surface area contributed by atoms with Crippen LogP contribution in [0.25, 0.3) is 0 Å². The van der Waals surface area contributed by atoms with Gasteiger partial charge in [0.2, 0.25) is 0 Å². The monoisotopic (exact) mass is 457 g/mol. The number of fused-ring (bicyclic) bond motifs is 7. The Labute approximate surface area is 202 Å². The van der Waals surface area contributed by atoms with Crippen LogP contribution in [0.15, 0.2) is 71.1 Å². The van der Waals surface area contributed by atoms with Crippen molar-refractivity contribution in [3.8, 4) is 0 Å². The van der Waals surface area contributed by atoms with Gasteiger partial charge in [0.05, 0.1) is 18.4 Å². The average Bonchev–Trinajstić information content (AvgIpc) is 2.99. The Kier molecular flexibility index (Phi) is 5.13. The summed E-state index contributed by atoms with van der Waals surface area (Å²) in [7, 11) is 0. The van der Waals surface area contributed by atoms with Gasteiger partial charge in [0.1, 0.15) is 11.9 Å². The van der Waals surface area contributed by atoms with Crippen molar-refractivity contribution in [2.75, 3.05) is 6.54 Å². The summed E-state index contributed by atoms with van der Waals surface area (Å²) in [5.41, 5.74) is 5.10. The number of carbonyl (C=O) groups excluding carboxylic acids is 1. The molecular formula is C30H35NO3. The summed E-state index contributed by atoms with van der Waals surface area (Å²) < 4.78 is 11.7. The lowest BCUT2D eigenvalue weighted by atomic mass is 9.48. The molecule has 0 unspecified atom stereocenters. The maximum atomic E-state index is 12.6. The van der Waals surface area contributed by atoms with Crippen molar-refractivity contribution in [3.63, 3.8) is 0 Å². The molecule has 6 rings (SSSR count). The molecule has 0 radical (unpaired) electrons. The summed E-state index contributed by atoms with van der Waals surface area (Å²) in [6, 6.07) is 9.37. The van der Waals surface area contributed by atoms with Crippen molar-refractivity contribution >= 4 is 11.7 Å². The van der Waals surface area contributed by atoms with Gasteiger partial charge < -0.3 is 9.47 Å². The Morgan fingerprint density at radius 1 is 1.09 bits per heavy atom. The Morgan fingerprint density at radius 2 is 1.88 bits per heavy atom. The maximum absolute atomic E-state index is 12.6. The van der Waals surface area contributed by atoms with Crippen LogP contribution in [0.4, 0.5) is 0 Å². The summed E-state index contributed by atoms with van der Waals surface area (Å²) in [5, 5.41) is 0. The highest BCUT2D eigenvalue weighted by Crippen LogP contribution is 2.65. The molecule has 3 fully saturated rings. The van der Waals surface area contributed by atoms with Crippen molar-refractivity contribution in [2.24, 2.45) is 33.6 Å². The van der Waals surface area contributed by atoms with Crippen molar-refractivity contribution in [2.45, 2.75) is 64.9 Å². The number of aliphatic imine (C=N–C) groups is 1. The van der Waals surface area contributed by atoms with Gasteiger partial charge in [-0.1, -0.05) is 50.3 Å². The third kappa shape index (κ3) is 3.32. The topological polar surface area (TPSA) is 47.9 Å². The lowest BCUT2D eigenvalue weighted by molar-refractivity contribution is -0.0280. The van der Waals surface area contributed by atoms with Crippen LogP contribution >= 0.6 is 0 Å². The number of carbonyl (C=O) groups is 1. The molecule has 5 aliphatic rings. The van der Waals surface area contributed by atoms with Crippen LogP contribution in [0, 0.1) is 28.6 Å². The lowest BCUT2D eigenvalue weighted by Gasteiger charge is -2.57. The van der Waals surface area contributed by atoms with Gasteiger partial charge in [-0.25, -0.2) is 4.79 Å². The van der Waals surface area contributed by atoms with Crippen LogP contribution < -0.4 is 0 Å². The van der Waals surface area contributed by atoms with E-state index in [2.05, 4.69) is 26.5 Å². The molecule has 178 valence electrons. The van der Waals surface area contributed by atoms with Crippen molar-refractivity contribution < 1.29 is 14.3 Å². The number of rotatable bonds is 2. The summed E-state index contributed by atoms with van der Waals surface area (Å²) in [4.78, 5) is 17.6. The van der Waals surface area contributed by atoms with Gasteiger partial charge in [0, 0.05) is 23.1 Å². The quantitative estimate of drug-likeness (QED) is 0.369. The highest BCUT2D eigenvalue weighted by molar-refractivity contribution is 6.07. The molecule has 0 amide bonds. The van der Waals surface area contributed by atoms with E-state index in [0.29, 0.717) is 29.9 Å². The average molecular weight is 458 g/mol. The number of esters is 1. The van der Waals surface area contributed by atoms with Gasteiger partial charge in [-0.2, -0.15) is 0 Å². The van der Waals surface area contributed by atoms with E-state index in [1.54, 1.807) is 0 Å². The van der Waals surface area contributed by atoms with Gasteiger partial charge in [0.15, 0.2) is 0 Å². The smallest absolute Gasteiger partial charge is 0.338 e. The van der Waals surface area contributed by atoms with Gasteiger partial charge in [0.25, 0.3) is 0 Å². The molecule has 4 heteroatoms. The fourth-order valence-corrected chi connectivity index (χ4v) is 7.96. The van der Waals surface area contributed by atoms with E-state index < -0.39 is 0 Å². The predicted octanol–water partition coefficient (Wildman–Crippen LogP) is 6.65. The van der Waals surface area contributed by atoms with Crippen molar-refractivity contribution in [1.29, 1.82) is 0 Å². The first kappa shape index (κ1) is 21.9. The molecule has 1 aliphatic heterocycles. The van der Waals surface area contributed by atoms with Crippen LogP contribution in [0.5, 0.6) is 0 Å². The minimum atomic E-state index is -0.194. The molecule has 1 aromatic carbocycles. The van der Waals surface area contributed by atoms with E-state index in [0.717, 1.165) is 37.9 Å². The minimum absolute atomic E-state index is 0.0136. The molecule has 0 spiro atoms. The fraction of sp³-hybridized carbons (Fsp3) is 0.533. The zero-order valence-electron chi connectivity index (χ0n) is 20.4. The molecule has 1 aromatic rings. The number of nitrogens with zero attached hydrogens (tertiary/aromatic N) is 1. The Morgan fingerprint density at radius 3 is 2.71 bits per heavy atom. The number of hydrogen-bond acceptors (Lipinski definition) is 4. The van der Waals surface area contributed by atoms with E-state index in [1.165, 1.54) is 29.7 Å². The molecule has 4 nitrogen and oxygen atoms in total. The second kappa shape index (κ2) is 7.96. The van der Waals surface area contributed by atoms with Gasteiger partial charge in [-0.05, 0) is 73.8 Å². The second-order valence-corrected chi connectivity index (χ2v) is 11.5. The molecule has 1 heterocycles. The Bertz CT molecular complexity index is 1120. The SMILES string of the molecule is C=C1CN=C2C(=CO1)C[C@H]1[C@@H]3CC=C4C[C@@H](OC(=O)c5ccccc5)CC[C@]4(C)[C@H]3CC[C@]21C. The standard InChI is InChI=1S/C30H35NO3/c1-19-17-31-27-21(18-33-19)15-26-24-10-9-22-16-23(34-28(32)20-7-5-4-6-8-20)11-13-29(22,2)25(24)12-14-30(26,27)3/h4-9,18,23-26H,1,10-17H2,2-3H3/t23-,24+,25-,26-,29-,30-/m0/s1. The van der Waals surface area contributed by atoms with Gasteiger partial charge >= 0.3 is 5.97 Å². The second-order valence-electron chi connectivity index (χ2n) is 11.5. The first-order valence-corrected chi connectivity index (χ1v) is 12.9. The zero-order valence-corrected chi connectivity index (χ0v) is 20.4. The van der Waals surface area contributed by atoms with E-state index in [4.69, 9.17) is 14.5 Å². The van der Waals surface area contributed by atoms with Crippen molar-refractivity contribution in [3.05, 3.63) is 71.7 Å². The Balaban J connectivity index is 1.22. The summed E-state index contributed by atoms with van der Waals surface area (Å²) in [5.74, 6) is 2.53. The van der Waals surface area contributed by atoms with Gasteiger partial charge in [-0.15, -0.1) is 0 Å². The van der Waals surface area contributed by atoms with E-state index in [-0.39, 0.29) is 22.9 Å². The van der Waals surface area contributed by atoms with Crippen LogP contribution in [0.1, 0.15) is 69.2 Å². The molecule has 4 aliphatic carbocycles. The summed E-state index contributed by atoms with van der Waals surface area (Å²) in [6.07, 6.45) is 12.0. The molecular weight excluding hydrogens is 422 g/mol. The number of benzene rings is 1. The maximum Gasteiger partial charge on any atom is 0.338 e. The third-order valence-electron chi connectivity index (χ3n) is 9.80. The number of allylic oxidation sites excluding steroid dienone is 2. The minimum Gasteiger partial charge on any atom is -0.468 e. The Hall–Kier alpha value is -2.62. The van der Waals surface area contributed by atoms with E-state index in [1.807, 2.05) is 36.6 Å². The van der Waals surface area contributed by atoms with Gasteiger partial charge in [-0.3, -0.25) is 4.99 Å². The highest BCUT2D eigenvalue weighted by atomic mass is 16.5. The lowest BCUT2D eigenvalue weighted by Crippen LogP contribution is -2.50.